The fraction of sp³-hybridized carbons (Fsp3) is 0.111. The molecule has 2 amide bonds. The maximum Gasteiger partial charge on any atom is 0.259 e. The lowest BCUT2D eigenvalue weighted by Gasteiger charge is -2.05. The highest BCUT2D eigenvalue weighted by molar-refractivity contribution is 8.01. The van der Waals surface area contributed by atoms with E-state index in [4.69, 9.17) is 27.9 Å². The van der Waals surface area contributed by atoms with Crippen LogP contribution in [0.5, 0.6) is 5.75 Å². The molecule has 0 unspecified atom stereocenters. The van der Waals surface area contributed by atoms with Crippen LogP contribution in [0.1, 0.15) is 10.4 Å². The van der Waals surface area contributed by atoms with Gasteiger partial charge in [-0.2, -0.15) is 0 Å². The van der Waals surface area contributed by atoms with E-state index >= 15 is 0 Å². The number of benzene rings is 2. The topological polar surface area (TPSA) is 93.2 Å². The number of carbonyl (C=O) groups excluding carboxylic acids is 2. The lowest BCUT2D eigenvalue weighted by atomic mass is 10.2. The van der Waals surface area contributed by atoms with Crippen LogP contribution in [0.15, 0.2) is 46.8 Å². The van der Waals surface area contributed by atoms with Gasteiger partial charge in [0.25, 0.3) is 5.91 Å². The minimum atomic E-state index is -0.442. The second-order valence-electron chi connectivity index (χ2n) is 5.52. The first-order valence-corrected chi connectivity index (χ1v) is 10.7. The predicted molar refractivity (Wildman–Crippen MR) is 117 cm³/mol. The summed E-state index contributed by atoms with van der Waals surface area (Å²) in [6.45, 7) is 0. The zero-order chi connectivity index (χ0) is 20.8. The van der Waals surface area contributed by atoms with E-state index < -0.39 is 5.91 Å². The second kappa shape index (κ2) is 9.93. The Bertz CT molecular complexity index is 1030. The first kappa shape index (κ1) is 21.4. The van der Waals surface area contributed by atoms with Gasteiger partial charge in [0.15, 0.2) is 4.34 Å². The number of amides is 2. The average molecular weight is 469 g/mol. The molecule has 11 heteroatoms. The van der Waals surface area contributed by atoms with E-state index in [9.17, 15) is 9.59 Å². The van der Waals surface area contributed by atoms with Gasteiger partial charge >= 0.3 is 0 Å². The Kier molecular flexibility index (Phi) is 7.32. The quantitative estimate of drug-likeness (QED) is 0.380. The van der Waals surface area contributed by atoms with Crippen molar-refractivity contribution in [2.24, 2.45) is 0 Å². The Morgan fingerprint density at radius 3 is 2.59 bits per heavy atom. The van der Waals surface area contributed by atoms with E-state index in [1.54, 1.807) is 43.5 Å². The monoisotopic (exact) mass is 468 g/mol. The number of ether oxygens (including phenoxy) is 1. The number of nitrogens with zero attached hydrogens (tertiary/aromatic N) is 2. The van der Waals surface area contributed by atoms with Gasteiger partial charge in [0.2, 0.25) is 11.0 Å². The van der Waals surface area contributed by atoms with Crippen molar-refractivity contribution in [2.45, 2.75) is 4.34 Å². The summed E-state index contributed by atoms with van der Waals surface area (Å²) in [7, 11) is 1.58. The van der Waals surface area contributed by atoms with Crippen LogP contribution in [0.4, 0.5) is 10.8 Å². The molecule has 0 saturated carbocycles. The van der Waals surface area contributed by atoms with Gasteiger partial charge in [-0.1, -0.05) is 46.3 Å². The van der Waals surface area contributed by atoms with Crippen LogP contribution in [0, 0.1) is 0 Å². The summed E-state index contributed by atoms with van der Waals surface area (Å²) in [5.41, 5.74) is 0.905. The number of nitrogens with one attached hydrogen (secondary N) is 2. The number of rotatable bonds is 7. The number of hydrogen-bond acceptors (Lipinski definition) is 7. The normalized spacial score (nSPS) is 10.4. The van der Waals surface area contributed by atoms with Crippen LogP contribution < -0.4 is 15.4 Å². The van der Waals surface area contributed by atoms with Crippen molar-refractivity contribution in [1.82, 2.24) is 10.2 Å². The summed E-state index contributed by atoms with van der Waals surface area (Å²) in [5.74, 6) is 0.225. The fourth-order valence-electron chi connectivity index (χ4n) is 2.15. The maximum atomic E-state index is 12.3. The average Bonchev–Trinajstić information content (AvgIpc) is 3.16. The summed E-state index contributed by atoms with van der Waals surface area (Å²) in [6.07, 6.45) is 0. The zero-order valence-corrected chi connectivity index (χ0v) is 18.1. The number of thioether (sulfide) groups is 1. The standard InChI is InChI=1S/C18H14Cl2N4O3S2/c1-27-12-5-3-11(4-6-12)21-15(25)9-28-18-24-23-17(29-18)22-16(26)13-8-10(19)2-7-14(13)20/h2-8H,9H2,1H3,(H,21,25)(H,22,23,26). The van der Waals surface area contributed by atoms with E-state index in [0.717, 1.165) is 11.3 Å². The fourth-order valence-corrected chi connectivity index (χ4v) is 4.08. The molecule has 3 aromatic rings. The molecule has 150 valence electrons. The molecule has 0 saturated heterocycles. The van der Waals surface area contributed by atoms with E-state index in [1.807, 2.05) is 0 Å². The third-order valence-corrected chi connectivity index (χ3v) is 6.04. The van der Waals surface area contributed by atoms with Crippen molar-refractivity contribution in [3.05, 3.63) is 58.1 Å². The Labute approximate surface area is 184 Å². The molecular weight excluding hydrogens is 455 g/mol. The molecule has 1 heterocycles. The minimum absolute atomic E-state index is 0.148. The molecule has 2 N–H and O–H groups in total. The molecule has 1 aromatic heterocycles. The lowest BCUT2D eigenvalue weighted by molar-refractivity contribution is -0.113. The van der Waals surface area contributed by atoms with Crippen molar-refractivity contribution >= 4 is 68.9 Å². The molecular formula is C18H14Cl2N4O3S2. The molecule has 0 aliphatic heterocycles. The van der Waals surface area contributed by atoms with Crippen LogP contribution in [0.25, 0.3) is 0 Å². The molecule has 2 aromatic carbocycles. The largest absolute Gasteiger partial charge is 0.497 e. The van der Waals surface area contributed by atoms with Crippen molar-refractivity contribution in [3.8, 4) is 5.75 Å². The number of hydrogen-bond donors (Lipinski definition) is 2. The predicted octanol–water partition coefficient (Wildman–Crippen LogP) is 4.84. The number of halogens is 2. The minimum Gasteiger partial charge on any atom is -0.497 e. The highest BCUT2D eigenvalue weighted by Crippen LogP contribution is 2.27. The summed E-state index contributed by atoms with van der Waals surface area (Å²) in [4.78, 5) is 24.4. The first-order valence-electron chi connectivity index (χ1n) is 8.11. The third-order valence-electron chi connectivity index (χ3n) is 3.50. The van der Waals surface area contributed by atoms with Crippen molar-refractivity contribution in [3.63, 3.8) is 0 Å². The highest BCUT2D eigenvalue weighted by atomic mass is 35.5. The second-order valence-corrected chi connectivity index (χ2v) is 8.56. The maximum absolute atomic E-state index is 12.3. The van der Waals surface area contributed by atoms with E-state index in [0.29, 0.717) is 25.9 Å². The van der Waals surface area contributed by atoms with Crippen LogP contribution >= 0.6 is 46.3 Å². The summed E-state index contributed by atoms with van der Waals surface area (Å²) < 4.78 is 5.62. The van der Waals surface area contributed by atoms with Gasteiger partial charge in [-0.3, -0.25) is 14.9 Å². The number of carbonyl (C=O) groups is 2. The lowest BCUT2D eigenvalue weighted by Crippen LogP contribution is -2.13. The number of methoxy groups -OCH3 is 1. The van der Waals surface area contributed by atoms with Gasteiger partial charge in [-0.05, 0) is 42.5 Å². The molecule has 0 atom stereocenters. The summed E-state index contributed by atoms with van der Waals surface area (Å²) in [6, 6.07) is 11.6. The molecule has 29 heavy (non-hydrogen) atoms. The van der Waals surface area contributed by atoms with Crippen LogP contribution in [-0.4, -0.2) is 34.9 Å². The van der Waals surface area contributed by atoms with Crippen molar-refractivity contribution in [1.29, 1.82) is 0 Å². The van der Waals surface area contributed by atoms with Crippen molar-refractivity contribution < 1.29 is 14.3 Å². The summed E-state index contributed by atoms with van der Waals surface area (Å²) in [5, 5.41) is 14.2. The van der Waals surface area contributed by atoms with Gasteiger partial charge < -0.3 is 10.1 Å². The SMILES string of the molecule is COc1ccc(NC(=O)CSc2nnc(NC(=O)c3cc(Cl)ccc3Cl)s2)cc1. The zero-order valence-electron chi connectivity index (χ0n) is 14.9. The molecule has 0 aliphatic rings. The Morgan fingerprint density at radius 1 is 1.10 bits per heavy atom. The molecule has 0 fully saturated rings. The molecule has 0 bridgehead atoms. The summed E-state index contributed by atoms with van der Waals surface area (Å²) >= 11 is 14.3. The third kappa shape index (κ3) is 6.07. The van der Waals surface area contributed by atoms with Gasteiger partial charge in [0.1, 0.15) is 5.75 Å². The van der Waals surface area contributed by atoms with Crippen LogP contribution in [0.2, 0.25) is 10.0 Å². The van der Waals surface area contributed by atoms with Crippen molar-refractivity contribution in [2.75, 3.05) is 23.5 Å². The Morgan fingerprint density at radius 2 is 1.86 bits per heavy atom. The van der Waals surface area contributed by atoms with E-state index in [-0.39, 0.29) is 22.2 Å². The number of aromatic nitrogens is 2. The highest BCUT2D eigenvalue weighted by Gasteiger charge is 2.15. The van der Waals surface area contributed by atoms with Gasteiger partial charge in [-0.25, -0.2) is 0 Å². The van der Waals surface area contributed by atoms with Crippen LogP contribution in [-0.2, 0) is 4.79 Å². The van der Waals surface area contributed by atoms with Crippen LogP contribution in [0.3, 0.4) is 0 Å². The Hall–Kier alpha value is -2.33. The van der Waals surface area contributed by atoms with E-state index in [2.05, 4.69) is 20.8 Å². The molecule has 7 nitrogen and oxygen atoms in total. The van der Waals surface area contributed by atoms with Gasteiger partial charge in [0, 0.05) is 10.7 Å². The number of anilines is 2. The van der Waals surface area contributed by atoms with E-state index in [1.165, 1.54) is 17.8 Å². The molecule has 0 aliphatic carbocycles. The van der Waals surface area contributed by atoms with Gasteiger partial charge in [0.05, 0.1) is 23.4 Å². The van der Waals surface area contributed by atoms with Gasteiger partial charge in [-0.15, -0.1) is 10.2 Å². The molecule has 0 spiro atoms. The smallest absolute Gasteiger partial charge is 0.259 e. The molecule has 0 radical (unpaired) electrons. The Balaban J connectivity index is 1.52. The first-order chi connectivity index (χ1) is 13.9. The molecule has 3 rings (SSSR count).